The number of aromatic nitrogens is 5. The minimum absolute atomic E-state index is 0.154. The number of hydrogen-bond acceptors (Lipinski definition) is 6. The quantitative estimate of drug-likeness (QED) is 0.510. The lowest BCUT2D eigenvalue weighted by Gasteiger charge is -2.16. The molecule has 2 aliphatic heterocycles. The third-order valence-electron chi connectivity index (χ3n) is 5.87. The number of alkyl halides is 2. The summed E-state index contributed by atoms with van der Waals surface area (Å²) in [5, 5.41) is 15.2. The van der Waals surface area contributed by atoms with Gasteiger partial charge in [0, 0.05) is 42.0 Å². The number of pyridine rings is 1. The lowest BCUT2D eigenvalue weighted by atomic mass is 9.96. The third kappa shape index (κ3) is 2.73. The molecule has 32 heavy (non-hydrogen) atoms. The van der Waals surface area contributed by atoms with Crippen molar-refractivity contribution in [2.24, 2.45) is 7.05 Å². The number of hydrogen-bond donors (Lipinski definition) is 1. The first-order valence-corrected chi connectivity index (χ1v) is 10.0. The van der Waals surface area contributed by atoms with Crippen LogP contribution in [0.4, 0.5) is 19.0 Å². The Hall–Kier alpha value is -3.76. The monoisotopic (exact) mass is 442 g/mol. The first kappa shape index (κ1) is 19.0. The molecule has 0 saturated heterocycles. The van der Waals surface area contributed by atoms with Crippen LogP contribution in [0.15, 0.2) is 30.7 Å². The van der Waals surface area contributed by atoms with Crippen LogP contribution in [0.25, 0.3) is 16.8 Å². The molecule has 4 aromatic rings. The molecule has 0 unspecified atom stereocenters. The van der Waals surface area contributed by atoms with E-state index in [1.165, 1.54) is 23.3 Å². The molecule has 0 bridgehead atoms. The van der Waals surface area contributed by atoms with Crippen molar-refractivity contribution >= 4 is 11.5 Å². The van der Waals surface area contributed by atoms with Gasteiger partial charge in [0.2, 0.25) is 0 Å². The van der Waals surface area contributed by atoms with Crippen LogP contribution in [0.5, 0.6) is 11.5 Å². The van der Waals surface area contributed by atoms with Gasteiger partial charge in [-0.2, -0.15) is 5.10 Å². The second-order valence-corrected chi connectivity index (χ2v) is 7.81. The van der Waals surface area contributed by atoms with E-state index in [4.69, 9.17) is 9.47 Å². The van der Waals surface area contributed by atoms with Crippen molar-refractivity contribution in [1.82, 2.24) is 24.4 Å². The Kier molecular flexibility index (Phi) is 4.07. The summed E-state index contributed by atoms with van der Waals surface area (Å²) in [7, 11) is 1.58. The van der Waals surface area contributed by atoms with Gasteiger partial charge in [0.15, 0.2) is 17.2 Å². The molecule has 8 nitrogen and oxygen atoms in total. The predicted octanol–water partition coefficient (Wildman–Crippen LogP) is 3.69. The van der Waals surface area contributed by atoms with E-state index < -0.39 is 6.43 Å². The van der Waals surface area contributed by atoms with Gasteiger partial charge in [-0.25, -0.2) is 13.2 Å². The molecule has 2 aliphatic rings. The zero-order valence-electron chi connectivity index (χ0n) is 16.8. The molecule has 0 amide bonds. The minimum atomic E-state index is -2.76. The fourth-order valence-corrected chi connectivity index (χ4v) is 4.46. The van der Waals surface area contributed by atoms with E-state index in [1.807, 2.05) is 0 Å². The molecule has 0 spiro atoms. The van der Waals surface area contributed by atoms with Gasteiger partial charge in [-0.05, 0) is 18.2 Å². The van der Waals surface area contributed by atoms with Crippen LogP contribution in [0, 0.1) is 5.82 Å². The SMILES string of the molecule is Cn1cc(-c2cc3c(n4cnnc24)NCc2c(F)ccc4c2[C@@H](CO4)CO3)c(C(F)F)n1. The van der Waals surface area contributed by atoms with Crippen LogP contribution in [0.2, 0.25) is 0 Å². The van der Waals surface area contributed by atoms with Crippen LogP contribution in [0.1, 0.15) is 29.2 Å². The van der Waals surface area contributed by atoms with Gasteiger partial charge < -0.3 is 14.8 Å². The molecule has 1 atom stereocenters. The van der Waals surface area contributed by atoms with E-state index in [1.54, 1.807) is 23.6 Å². The molecule has 1 N–H and O–H groups in total. The van der Waals surface area contributed by atoms with Gasteiger partial charge in [0.05, 0.1) is 19.1 Å². The van der Waals surface area contributed by atoms with Gasteiger partial charge in [-0.1, -0.05) is 0 Å². The van der Waals surface area contributed by atoms with Crippen LogP contribution in [-0.4, -0.2) is 37.6 Å². The third-order valence-corrected chi connectivity index (χ3v) is 5.87. The van der Waals surface area contributed by atoms with Crippen molar-refractivity contribution in [3.8, 4) is 22.6 Å². The summed E-state index contributed by atoms with van der Waals surface area (Å²) in [6.07, 6.45) is 0.220. The Morgan fingerprint density at radius 1 is 1.16 bits per heavy atom. The Bertz CT molecular complexity index is 1370. The van der Waals surface area contributed by atoms with Crippen molar-refractivity contribution in [2.75, 3.05) is 18.5 Å². The van der Waals surface area contributed by atoms with E-state index in [-0.39, 0.29) is 36.1 Å². The maximum atomic E-state index is 14.7. The molecule has 0 radical (unpaired) electrons. The number of benzene rings is 1. The van der Waals surface area contributed by atoms with E-state index in [9.17, 15) is 13.2 Å². The zero-order valence-corrected chi connectivity index (χ0v) is 16.8. The molecule has 0 saturated carbocycles. The summed E-state index contributed by atoms with van der Waals surface area (Å²) in [6.45, 7) is 0.800. The van der Waals surface area contributed by atoms with Gasteiger partial charge in [0.1, 0.15) is 23.6 Å². The number of fused-ring (bicyclic) bond motifs is 3. The number of ether oxygens (including phenoxy) is 2. The maximum absolute atomic E-state index is 14.7. The van der Waals surface area contributed by atoms with Crippen molar-refractivity contribution in [2.45, 2.75) is 18.9 Å². The number of aryl methyl sites for hydroxylation is 1. The summed E-state index contributed by atoms with van der Waals surface area (Å²) in [5.41, 5.74) is 1.97. The number of halogens is 3. The fourth-order valence-electron chi connectivity index (χ4n) is 4.46. The smallest absolute Gasteiger partial charge is 0.282 e. The Labute approximate surface area is 179 Å². The van der Waals surface area contributed by atoms with E-state index in [2.05, 4.69) is 20.6 Å². The lowest BCUT2D eigenvalue weighted by Crippen LogP contribution is -2.13. The average molecular weight is 442 g/mol. The Balaban J connectivity index is 1.53. The number of nitrogens with one attached hydrogen (secondary N) is 1. The van der Waals surface area contributed by atoms with E-state index >= 15 is 0 Å². The van der Waals surface area contributed by atoms with Crippen LogP contribution >= 0.6 is 0 Å². The molecular weight excluding hydrogens is 425 g/mol. The molecule has 164 valence electrons. The highest BCUT2D eigenvalue weighted by atomic mass is 19.3. The maximum Gasteiger partial charge on any atom is 0.282 e. The number of rotatable bonds is 2. The number of nitrogens with zero attached hydrogens (tertiary/aromatic N) is 5. The van der Waals surface area contributed by atoms with E-state index in [0.717, 1.165) is 5.56 Å². The van der Waals surface area contributed by atoms with Crippen molar-refractivity contribution < 1.29 is 22.6 Å². The first-order chi connectivity index (χ1) is 15.5. The standard InChI is InChI=1S/C21H17F3N6O2/c1-29-6-13(18(28-29)19(23)24)11-4-16-21(30-9-26-27-20(11)30)25-5-12-14(22)2-3-15-17(12)10(7-31-15)8-32-16/h2-4,6,9-10,19,25H,5,7-8H2,1H3/t10-/m0/s1. The summed E-state index contributed by atoms with van der Waals surface area (Å²) in [4.78, 5) is 0. The van der Waals surface area contributed by atoms with Gasteiger partial charge in [0.25, 0.3) is 6.43 Å². The molecular formula is C21H17F3N6O2. The summed E-state index contributed by atoms with van der Waals surface area (Å²) >= 11 is 0. The van der Waals surface area contributed by atoms with Crippen molar-refractivity contribution in [1.29, 1.82) is 0 Å². The van der Waals surface area contributed by atoms with Gasteiger partial charge in [-0.3, -0.25) is 9.08 Å². The average Bonchev–Trinajstić information content (AvgIpc) is 3.49. The van der Waals surface area contributed by atoms with Crippen molar-refractivity contribution in [3.05, 3.63) is 53.4 Å². The highest BCUT2D eigenvalue weighted by Gasteiger charge is 2.32. The molecule has 3 aromatic heterocycles. The van der Waals surface area contributed by atoms with Gasteiger partial charge in [-0.15, -0.1) is 10.2 Å². The minimum Gasteiger partial charge on any atom is -0.493 e. The largest absolute Gasteiger partial charge is 0.493 e. The lowest BCUT2D eigenvalue weighted by molar-refractivity contribution is 0.146. The Morgan fingerprint density at radius 3 is 2.78 bits per heavy atom. The van der Waals surface area contributed by atoms with Crippen LogP contribution in [0.3, 0.4) is 0 Å². The van der Waals surface area contributed by atoms with Crippen LogP contribution in [-0.2, 0) is 13.6 Å². The highest BCUT2D eigenvalue weighted by Crippen LogP contribution is 2.42. The van der Waals surface area contributed by atoms with E-state index in [0.29, 0.717) is 40.7 Å². The molecule has 6 rings (SSSR count). The molecule has 0 fully saturated rings. The summed E-state index contributed by atoms with van der Waals surface area (Å²) < 4.78 is 56.8. The fraction of sp³-hybridized carbons (Fsp3) is 0.286. The molecule has 5 heterocycles. The van der Waals surface area contributed by atoms with Crippen LogP contribution < -0.4 is 14.8 Å². The topological polar surface area (TPSA) is 78.5 Å². The zero-order chi connectivity index (χ0) is 22.0. The predicted molar refractivity (Wildman–Crippen MR) is 108 cm³/mol. The number of anilines is 1. The van der Waals surface area contributed by atoms with Crippen molar-refractivity contribution in [3.63, 3.8) is 0 Å². The second kappa shape index (κ2) is 6.87. The normalized spacial score (nSPS) is 17.1. The first-order valence-electron chi connectivity index (χ1n) is 10.0. The summed E-state index contributed by atoms with van der Waals surface area (Å²) in [6, 6.07) is 4.67. The summed E-state index contributed by atoms with van der Waals surface area (Å²) in [5.74, 6) is 1.09. The second-order valence-electron chi connectivity index (χ2n) is 7.81. The Morgan fingerprint density at radius 2 is 1.97 bits per heavy atom. The van der Waals surface area contributed by atoms with Gasteiger partial charge >= 0.3 is 0 Å². The molecule has 1 aromatic carbocycles. The highest BCUT2D eigenvalue weighted by molar-refractivity contribution is 5.83. The molecule has 0 aliphatic carbocycles. The molecule has 11 heteroatoms.